The van der Waals surface area contributed by atoms with Gasteiger partial charge < -0.3 is 10.1 Å². The van der Waals surface area contributed by atoms with Gasteiger partial charge in [-0.1, -0.05) is 36.4 Å². The zero-order valence-electron chi connectivity index (χ0n) is 14.4. The quantitative estimate of drug-likeness (QED) is 0.729. The summed E-state index contributed by atoms with van der Waals surface area (Å²) in [6.45, 7) is 0.665. The van der Waals surface area contributed by atoms with Crippen LogP contribution in [0.4, 0.5) is 13.2 Å². The Bertz CT molecular complexity index is 705. The molecular formula is C19H21F3N2O2. The highest BCUT2D eigenvalue weighted by Gasteiger charge is 2.33. The first-order chi connectivity index (χ1) is 12.4. The summed E-state index contributed by atoms with van der Waals surface area (Å²) in [5, 5.41) is 2.69. The first-order valence-corrected chi connectivity index (χ1v) is 8.14. The minimum absolute atomic E-state index is 0.00245. The van der Waals surface area contributed by atoms with Crippen LogP contribution in [0.1, 0.15) is 11.1 Å². The number of likely N-dealkylation sites (N-methyl/N-ethyl adjacent to an activating group) is 1. The van der Waals surface area contributed by atoms with E-state index in [0.29, 0.717) is 18.9 Å². The number of halogens is 3. The van der Waals surface area contributed by atoms with E-state index in [9.17, 15) is 18.0 Å². The van der Waals surface area contributed by atoms with Crippen LogP contribution in [-0.2, 0) is 17.5 Å². The Labute approximate surface area is 150 Å². The van der Waals surface area contributed by atoms with E-state index < -0.39 is 11.7 Å². The molecule has 0 aliphatic heterocycles. The summed E-state index contributed by atoms with van der Waals surface area (Å²) >= 11 is 0. The number of hydrogen-bond donors (Lipinski definition) is 1. The van der Waals surface area contributed by atoms with Gasteiger partial charge >= 0.3 is 6.18 Å². The van der Waals surface area contributed by atoms with E-state index in [1.54, 1.807) is 13.1 Å². The molecule has 26 heavy (non-hydrogen) atoms. The van der Waals surface area contributed by atoms with Crippen molar-refractivity contribution in [3.8, 4) is 5.75 Å². The summed E-state index contributed by atoms with van der Waals surface area (Å²) in [5.74, 6) is 0.441. The Morgan fingerprint density at radius 2 is 1.73 bits per heavy atom. The van der Waals surface area contributed by atoms with Crippen molar-refractivity contribution in [3.63, 3.8) is 0 Å². The SMILES string of the molecule is CN(CC(=O)NCCOc1ccccc1)Cc1ccccc1C(F)(F)F. The number of alkyl halides is 3. The normalized spacial score (nSPS) is 11.4. The molecule has 1 amide bonds. The molecule has 0 aliphatic carbocycles. The molecule has 0 spiro atoms. The third kappa shape index (κ3) is 6.40. The molecule has 0 saturated heterocycles. The molecule has 0 saturated carbocycles. The maximum Gasteiger partial charge on any atom is 0.416 e. The van der Waals surface area contributed by atoms with Gasteiger partial charge in [0, 0.05) is 6.54 Å². The largest absolute Gasteiger partial charge is 0.492 e. The summed E-state index contributed by atoms with van der Waals surface area (Å²) in [5.41, 5.74) is -0.536. The van der Waals surface area contributed by atoms with Crippen molar-refractivity contribution >= 4 is 5.91 Å². The summed E-state index contributed by atoms with van der Waals surface area (Å²) in [6, 6.07) is 14.6. The molecule has 1 N–H and O–H groups in total. The van der Waals surface area contributed by atoms with Crippen molar-refractivity contribution < 1.29 is 22.7 Å². The number of carbonyl (C=O) groups is 1. The van der Waals surface area contributed by atoms with Crippen LogP contribution in [-0.4, -0.2) is 37.6 Å². The number of nitrogens with one attached hydrogen (secondary N) is 1. The highest BCUT2D eigenvalue weighted by molar-refractivity contribution is 5.77. The molecule has 2 aromatic rings. The second-order valence-corrected chi connectivity index (χ2v) is 5.84. The maximum atomic E-state index is 13.0. The zero-order chi connectivity index (χ0) is 19.0. The average molecular weight is 366 g/mol. The second kappa shape index (κ2) is 9.24. The third-order valence-electron chi connectivity index (χ3n) is 3.61. The molecule has 2 rings (SSSR count). The highest BCUT2D eigenvalue weighted by Crippen LogP contribution is 2.32. The van der Waals surface area contributed by atoms with Gasteiger partial charge in [-0.15, -0.1) is 0 Å². The lowest BCUT2D eigenvalue weighted by Crippen LogP contribution is -2.37. The van der Waals surface area contributed by atoms with Crippen LogP contribution in [0.25, 0.3) is 0 Å². The number of rotatable bonds is 8. The fourth-order valence-electron chi connectivity index (χ4n) is 2.46. The average Bonchev–Trinajstić information content (AvgIpc) is 2.59. The van der Waals surface area contributed by atoms with Crippen molar-refractivity contribution in [1.29, 1.82) is 0 Å². The first-order valence-electron chi connectivity index (χ1n) is 8.14. The number of hydrogen-bond acceptors (Lipinski definition) is 3. The number of para-hydroxylation sites is 1. The minimum atomic E-state index is -4.41. The lowest BCUT2D eigenvalue weighted by atomic mass is 10.1. The summed E-state index contributed by atoms with van der Waals surface area (Å²) in [6.07, 6.45) is -4.41. The van der Waals surface area contributed by atoms with Crippen LogP contribution in [0.3, 0.4) is 0 Å². The molecule has 0 atom stereocenters. The Balaban J connectivity index is 1.75. The molecule has 2 aromatic carbocycles. The van der Waals surface area contributed by atoms with Gasteiger partial charge in [0.1, 0.15) is 12.4 Å². The van der Waals surface area contributed by atoms with Crippen LogP contribution in [0.5, 0.6) is 5.75 Å². The Kier molecular flexibility index (Phi) is 7.03. The van der Waals surface area contributed by atoms with Crippen LogP contribution in [0.15, 0.2) is 54.6 Å². The number of benzene rings is 2. The van der Waals surface area contributed by atoms with Gasteiger partial charge in [-0.3, -0.25) is 9.69 Å². The van der Waals surface area contributed by atoms with E-state index in [1.807, 2.05) is 30.3 Å². The van der Waals surface area contributed by atoms with Gasteiger partial charge in [-0.05, 0) is 30.8 Å². The molecule has 0 fully saturated rings. The van der Waals surface area contributed by atoms with E-state index in [0.717, 1.165) is 6.07 Å². The molecule has 0 aliphatic rings. The van der Waals surface area contributed by atoms with Crippen molar-refractivity contribution in [1.82, 2.24) is 10.2 Å². The molecular weight excluding hydrogens is 345 g/mol. The fourth-order valence-corrected chi connectivity index (χ4v) is 2.46. The summed E-state index contributed by atoms with van der Waals surface area (Å²) in [4.78, 5) is 13.4. The van der Waals surface area contributed by atoms with Gasteiger partial charge in [0.2, 0.25) is 5.91 Å². The monoisotopic (exact) mass is 366 g/mol. The topological polar surface area (TPSA) is 41.6 Å². The predicted octanol–water partition coefficient (Wildman–Crippen LogP) is 3.33. The number of amides is 1. The second-order valence-electron chi connectivity index (χ2n) is 5.84. The fraction of sp³-hybridized carbons (Fsp3) is 0.316. The van der Waals surface area contributed by atoms with Crippen LogP contribution < -0.4 is 10.1 Å². The Morgan fingerprint density at radius 1 is 1.08 bits per heavy atom. The van der Waals surface area contributed by atoms with E-state index in [2.05, 4.69) is 5.32 Å². The van der Waals surface area contributed by atoms with Crippen molar-refractivity contribution in [3.05, 3.63) is 65.7 Å². The van der Waals surface area contributed by atoms with Crippen LogP contribution >= 0.6 is 0 Å². The number of nitrogens with zero attached hydrogens (tertiary/aromatic N) is 1. The summed E-state index contributed by atoms with van der Waals surface area (Å²) in [7, 11) is 1.60. The maximum absolute atomic E-state index is 13.0. The van der Waals surface area contributed by atoms with Gasteiger partial charge in [0.05, 0.1) is 18.7 Å². The van der Waals surface area contributed by atoms with Gasteiger partial charge in [0.25, 0.3) is 0 Å². The number of carbonyl (C=O) groups excluding carboxylic acids is 1. The lowest BCUT2D eigenvalue weighted by Gasteiger charge is -2.19. The van der Waals surface area contributed by atoms with Gasteiger partial charge in [-0.25, -0.2) is 0 Å². The molecule has 0 unspecified atom stereocenters. The molecule has 140 valence electrons. The zero-order valence-corrected chi connectivity index (χ0v) is 14.4. The molecule has 4 nitrogen and oxygen atoms in total. The molecule has 0 radical (unpaired) electrons. The van der Waals surface area contributed by atoms with Crippen molar-refractivity contribution in [2.24, 2.45) is 0 Å². The van der Waals surface area contributed by atoms with E-state index in [4.69, 9.17) is 4.74 Å². The van der Waals surface area contributed by atoms with E-state index in [-0.39, 0.29) is 24.6 Å². The van der Waals surface area contributed by atoms with Gasteiger partial charge in [0.15, 0.2) is 0 Å². The standard InChI is InChI=1S/C19H21F3N2O2/c1-24(13-15-7-5-6-10-17(15)19(20,21)22)14-18(25)23-11-12-26-16-8-3-2-4-9-16/h2-10H,11-14H2,1H3,(H,23,25). The third-order valence-corrected chi connectivity index (χ3v) is 3.61. The van der Waals surface area contributed by atoms with E-state index >= 15 is 0 Å². The van der Waals surface area contributed by atoms with Crippen molar-refractivity contribution in [2.75, 3.05) is 26.7 Å². The Hall–Kier alpha value is -2.54. The van der Waals surface area contributed by atoms with Crippen LogP contribution in [0, 0.1) is 0 Å². The van der Waals surface area contributed by atoms with Crippen LogP contribution in [0.2, 0.25) is 0 Å². The molecule has 0 aromatic heterocycles. The Morgan fingerprint density at radius 3 is 2.42 bits per heavy atom. The smallest absolute Gasteiger partial charge is 0.416 e. The number of ether oxygens (including phenoxy) is 1. The molecule has 0 heterocycles. The predicted molar refractivity (Wildman–Crippen MR) is 92.7 cm³/mol. The van der Waals surface area contributed by atoms with Crippen molar-refractivity contribution in [2.45, 2.75) is 12.7 Å². The first kappa shape index (κ1) is 19.8. The lowest BCUT2D eigenvalue weighted by molar-refractivity contribution is -0.138. The molecule has 0 bridgehead atoms. The summed E-state index contributed by atoms with van der Waals surface area (Å²) < 4.78 is 44.4. The molecule has 7 heteroatoms. The minimum Gasteiger partial charge on any atom is -0.492 e. The van der Waals surface area contributed by atoms with E-state index in [1.165, 1.54) is 17.0 Å². The highest BCUT2D eigenvalue weighted by atomic mass is 19.4. The van der Waals surface area contributed by atoms with Gasteiger partial charge in [-0.2, -0.15) is 13.2 Å².